The molecule has 4 aromatic rings. The number of carbonyl (C=O) groups is 1. The molecule has 0 fully saturated rings. The molecule has 8 heteroatoms. The molecule has 0 aliphatic carbocycles. The second kappa shape index (κ2) is 10.8. The van der Waals surface area contributed by atoms with Gasteiger partial charge in [-0.1, -0.05) is 83.9 Å². The number of aryl methyl sites for hydroxylation is 1. The molecule has 1 N–H and O–H groups in total. The van der Waals surface area contributed by atoms with E-state index in [1.165, 1.54) is 12.1 Å². The lowest BCUT2D eigenvalue weighted by Gasteiger charge is -2.21. The number of amides is 1. The maximum atomic E-state index is 13.4. The van der Waals surface area contributed by atoms with Gasteiger partial charge >= 0.3 is 0 Å². The molecule has 0 bridgehead atoms. The molecule has 0 heterocycles. The van der Waals surface area contributed by atoms with Crippen molar-refractivity contribution < 1.29 is 13.2 Å². The Morgan fingerprint density at radius 3 is 2.46 bits per heavy atom. The van der Waals surface area contributed by atoms with Gasteiger partial charge in [-0.05, 0) is 47.5 Å². The fourth-order valence-corrected chi connectivity index (χ4v) is 5.25. The molecule has 1 amide bonds. The number of fused-ring (bicyclic) bond motifs is 1. The molecule has 0 atom stereocenters. The van der Waals surface area contributed by atoms with Crippen molar-refractivity contribution in [1.82, 2.24) is 9.73 Å². The predicted molar refractivity (Wildman–Crippen MR) is 140 cm³/mol. The van der Waals surface area contributed by atoms with Gasteiger partial charge in [-0.3, -0.25) is 4.79 Å². The first-order valence-electron chi connectivity index (χ1n) is 10.9. The summed E-state index contributed by atoms with van der Waals surface area (Å²) in [6.45, 7) is 1.45. The van der Waals surface area contributed by atoms with Gasteiger partial charge in [-0.2, -0.15) is 9.41 Å². The van der Waals surface area contributed by atoms with Gasteiger partial charge in [0.15, 0.2) is 0 Å². The lowest BCUT2D eigenvalue weighted by atomic mass is 10.1. The minimum Gasteiger partial charge on any atom is -0.272 e. The highest BCUT2D eigenvalue weighted by atomic mass is 35.5. The van der Waals surface area contributed by atoms with E-state index in [0.29, 0.717) is 10.6 Å². The van der Waals surface area contributed by atoms with Crippen LogP contribution >= 0.6 is 11.6 Å². The summed E-state index contributed by atoms with van der Waals surface area (Å²) in [7, 11) is -3.95. The quantitative estimate of drug-likeness (QED) is 0.266. The van der Waals surface area contributed by atoms with E-state index >= 15 is 0 Å². The number of nitrogens with one attached hydrogen (secondary N) is 1. The SMILES string of the molecule is Cc1ccc(S(=O)(=O)N(CC(=O)N/N=C\c2cccc3ccccc23)Cc2cccc(Cl)c2)cc1. The molecule has 0 saturated heterocycles. The third-order valence-electron chi connectivity index (χ3n) is 5.44. The van der Waals surface area contributed by atoms with Crippen molar-refractivity contribution in [2.75, 3.05) is 6.54 Å². The average Bonchev–Trinajstić information content (AvgIpc) is 2.84. The Labute approximate surface area is 209 Å². The highest BCUT2D eigenvalue weighted by molar-refractivity contribution is 7.89. The van der Waals surface area contributed by atoms with E-state index in [2.05, 4.69) is 10.5 Å². The van der Waals surface area contributed by atoms with E-state index in [-0.39, 0.29) is 11.4 Å². The molecular weight excluding hydrogens is 482 g/mol. The smallest absolute Gasteiger partial charge is 0.255 e. The third kappa shape index (κ3) is 6.14. The molecule has 0 saturated carbocycles. The molecule has 0 aliphatic rings. The summed E-state index contributed by atoms with van der Waals surface area (Å²) in [6.07, 6.45) is 1.55. The van der Waals surface area contributed by atoms with Crippen LogP contribution in [0.5, 0.6) is 0 Å². The molecule has 4 rings (SSSR count). The van der Waals surface area contributed by atoms with Gasteiger partial charge in [0, 0.05) is 17.1 Å². The highest BCUT2D eigenvalue weighted by Crippen LogP contribution is 2.21. The number of rotatable bonds is 8. The summed E-state index contributed by atoms with van der Waals surface area (Å²) < 4.78 is 27.9. The van der Waals surface area contributed by atoms with E-state index < -0.39 is 22.5 Å². The second-order valence-corrected chi connectivity index (χ2v) is 10.5. The van der Waals surface area contributed by atoms with Crippen LogP contribution in [0.3, 0.4) is 0 Å². The maximum Gasteiger partial charge on any atom is 0.255 e. The lowest BCUT2D eigenvalue weighted by Crippen LogP contribution is -2.39. The zero-order valence-corrected chi connectivity index (χ0v) is 20.6. The molecule has 0 radical (unpaired) electrons. The number of carbonyl (C=O) groups excluding carboxylic acids is 1. The molecule has 178 valence electrons. The van der Waals surface area contributed by atoms with E-state index in [0.717, 1.165) is 26.2 Å². The third-order valence-corrected chi connectivity index (χ3v) is 7.48. The van der Waals surface area contributed by atoms with Crippen molar-refractivity contribution in [3.8, 4) is 0 Å². The van der Waals surface area contributed by atoms with E-state index in [1.54, 1.807) is 42.6 Å². The summed E-state index contributed by atoms with van der Waals surface area (Å²) >= 11 is 6.08. The molecule has 0 aromatic heterocycles. The molecule has 0 spiro atoms. The van der Waals surface area contributed by atoms with Crippen LogP contribution in [-0.4, -0.2) is 31.4 Å². The molecule has 0 aliphatic heterocycles. The Bertz CT molecular complexity index is 1480. The van der Waals surface area contributed by atoms with Crippen LogP contribution in [0, 0.1) is 6.92 Å². The van der Waals surface area contributed by atoms with Gasteiger partial charge in [0.2, 0.25) is 10.0 Å². The number of sulfonamides is 1. The Morgan fingerprint density at radius 1 is 0.971 bits per heavy atom. The summed E-state index contributed by atoms with van der Waals surface area (Å²) in [5.41, 5.74) is 4.90. The van der Waals surface area contributed by atoms with Crippen LogP contribution in [0.4, 0.5) is 0 Å². The summed E-state index contributed by atoms with van der Waals surface area (Å²) in [6, 6.07) is 27.0. The van der Waals surface area contributed by atoms with Crippen molar-refractivity contribution in [3.63, 3.8) is 0 Å². The normalized spacial score (nSPS) is 11.9. The van der Waals surface area contributed by atoms with E-state index in [1.807, 2.05) is 49.4 Å². The fraction of sp³-hybridized carbons (Fsp3) is 0.111. The van der Waals surface area contributed by atoms with Crippen molar-refractivity contribution in [3.05, 3.63) is 113 Å². The van der Waals surface area contributed by atoms with Crippen molar-refractivity contribution in [1.29, 1.82) is 0 Å². The summed E-state index contributed by atoms with van der Waals surface area (Å²) in [5, 5.41) is 6.60. The van der Waals surface area contributed by atoms with Gasteiger partial charge in [0.05, 0.1) is 17.7 Å². The van der Waals surface area contributed by atoms with Crippen LogP contribution in [0.25, 0.3) is 10.8 Å². The van der Waals surface area contributed by atoms with Crippen LogP contribution in [0.1, 0.15) is 16.7 Å². The topological polar surface area (TPSA) is 78.8 Å². The molecule has 4 aromatic carbocycles. The zero-order valence-electron chi connectivity index (χ0n) is 19.1. The molecule has 35 heavy (non-hydrogen) atoms. The second-order valence-electron chi connectivity index (χ2n) is 8.08. The number of hydrogen-bond donors (Lipinski definition) is 1. The minimum absolute atomic E-state index is 0.0166. The molecule has 6 nitrogen and oxygen atoms in total. The number of hydrogen-bond acceptors (Lipinski definition) is 4. The number of halogens is 1. The van der Waals surface area contributed by atoms with Crippen LogP contribution in [0.2, 0.25) is 5.02 Å². The first-order chi connectivity index (χ1) is 16.8. The highest BCUT2D eigenvalue weighted by Gasteiger charge is 2.27. The largest absolute Gasteiger partial charge is 0.272 e. The minimum atomic E-state index is -3.95. The Morgan fingerprint density at radius 2 is 1.69 bits per heavy atom. The number of nitrogens with zero attached hydrogens (tertiary/aromatic N) is 2. The van der Waals surface area contributed by atoms with Crippen molar-refractivity contribution >= 4 is 44.5 Å². The predicted octanol–water partition coefficient (Wildman–Crippen LogP) is 5.14. The maximum absolute atomic E-state index is 13.4. The van der Waals surface area contributed by atoms with E-state index in [4.69, 9.17) is 11.6 Å². The van der Waals surface area contributed by atoms with Crippen molar-refractivity contribution in [2.24, 2.45) is 5.10 Å². The zero-order chi connectivity index (χ0) is 24.8. The number of hydrazone groups is 1. The first kappa shape index (κ1) is 24.6. The number of benzene rings is 4. The van der Waals surface area contributed by atoms with Gasteiger partial charge < -0.3 is 0 Å². The average molecular weight is 506 g/mol. The standard InChI is InChI=1S/C27H24ClN3O3S/c1-20-12-14-25(15-13-20)35(33,34)31(18-21-6-4-10-24(28)16-21)19-27(32)30-29-17-23-9-5-8-22-7-2-3-11-26(22)23/h2-17H,18-19H2,1H3,(H,30,32)/b29-17-. The summed E-state index contributed by atoms with van der Waals surface area (Å²) in [5.74, 6) is -0.556. The Hall–Kier alpha value is -3.52. The molecular formula is C27H24ClN3O3S. The fourth-order valence-electron chi connectivity index (χ4n) is 3.66. The summed E-state index contributed by atoms with van der Waals surface area (Å²) in [4.78, 5) is 12.8. The lowest BCUT2D eigenvalue weighted by molar-refractivity contribution is -0.121. The van der Waals surface area contributed by atoms with Crippen LogP contribution in [0.15, 0.2) is 101 Å². The first-order valence-corrected chi connectivity index (χ1v) is 12.8. The molecule has 0 unspecified atom stereocenters. The van der Waals surface area contributed by atoms with E-state index in [9.17, 15) is 13.2 Å². The van der Waals surface area contributed by atoms with Crippen LogP contribution < -0.4 is 5.43 Å². The van der Waals surface area contributed by atoms with Crippen molar-refractivity contribution in [2.45, 2.75) is 18.4 Å². The Kier molecular flexibility index (Phi) is 7.60. The van der Waals surface area contributed by atoms with Crippen LogP contribution in [-0.2, 0) is 21.4 Å². The van der Waals surface area contributed by atoms with Gasteiger partial charge in [0.25, 0.3) is 5.91 Å². The Balaban J connectivity index is 1.54. The van der Waals surface area contributed by atoms with Gasteiger partial charge in [0.1, 0.15) is 0 Å². The van der Waals surface area contributed by atoms with Gasteiger partial charge in [-0.25, -0.2) is 13.8 Å². The van der Waals surface area contributed by atoms with Gasteiger partial charge in [-0.15, -0.1) is 0 Å². The monoisotopic (exact) mass is 505 g/mol.